The van der Waals surface area contributed by atoms with Crippen LogP contribution >= 0.6 is 22.9 Å². The van der Waals surface area contributed by atoms with E-state index in [1.54, 1.807) is 11.3 Å². The first-order valence-electron chi connectivity index (χ1n) is 6.16. The predicted molar refractivity (Wildman–Crippen MR) is 78.3 cm³/mol. The number of rotatable bonds is 6. The average Bonchev–Trinajstić information content (AvgIpc) is 2.88. The quantitative estimate of drug-likeness (QED) is 0.862. The SMILES string of the molecule is CCCNC(Cc1cccc(Cl)c1)c1cncs1. The fraction of sp³-hybridized carbons (Fsp3) is 0.357. The van der Waals surface area contributed by atoms with Crippen LogP contribution in [0.25, 0.3) is 0 Å². The summed E-state index contributed by atoms with van der Waals surface area (Å²) in [6.45, 7) is 3.19. The van der Waals surface area contributed by atoms with E-state index >= 15 is 0 Å². The molecule has 0 aliphatic heterocycles. The highest BCUT2D eigenvalue weighted by atomic mass is 35.5. The molecule has 18 heavy (non-hydrogen) atoms. The van der Waals surface area contributed by atoms with Gasteiger partial charge in [-0.2, -0.15) is 0 Å². The smallest absolute Gasteiger partial charge is 0.0794 e. The molecule has 0 saturated carbocycles. The van der Waals surface area contributed by atoms with E-state index in [0.717, 1.165) is 24.4 Å². The number of nitrogens with one attached hydrogen (secondary N) is 1. The van der Waals surface area contributed by atoms with Gasteiger partial charge in [-0.3, -0.25) is 4.98 Å². The topological polar surface area (TPSA) is 24.9 Å². The number of thiazole rings is 1. The molecule has 1 unspecified atom stereocenters. The second-order valence-corrected chi connectivity index (χ2v) is 5.60. The van der Waals surface area contributed by atoms with Crippen molar-refractivity contribution in [3.05, 3.63) is 51.4 Å². The molecular weight excluding hydrogens is 264 g/mol. The Bertz CT molecular complexity index is 470. The van der Waals surface area contributed by atoms with E-state index in [2.05, 4.69) is 23.3 Å². The van der Waals surface area contributed by atoms with Crippen LogP contribution in [0.2, 0.25) is 5.02 Å². The summed E-state index contributed by atoms with van der Waals surface area (Å²) in [7, 11) is 0. The van der Waals surface area contributed by atoms with Crippen molar-refractivity contribution >= 4 is 22.9 Å². The van der Waals surface area contributed by atoms with Crippen molar-refractivity contribution < 1.29 is 0 Å². The molecule has 1 heterocycles. The Morgan fingerprint density at radius 3 is 3.00 bits per heavy atom. The van der Waals surface area contributed by atoms with Gasteiger partial charge in [0.15, 0.2) is 0 Å². The van der Waals surface area contributed by atoms with E-state index in [4.69, 9.17) is 11.6 Å². The van der Waals surface area contributed by atoms with Crippen LogP contribution in [0.5, 0.6) is 0 Å². The number of halogens is 1. The first-order chi connectivity index (χ1) is 8.79. The molecule has 2 nitrogen and oxygen atoms in total. The Balaban J connectivity index is 2.10. The van der Waals surface area contributed by atoms with E-state index in [9.17, 15) is 0 Å². The van der Waals surface area contributed by atoms with Gasteiger partial charge in [-0.1, -0.05) is 30.7 Å². The third kappa shape index (κ3) is 3.80. The second kappa shape index (κ2) is 6.88. The fourth-order valence-corrected chi connectivity index (χ4v) is 2.80. The zero-order chi connectivity index (χ0) is 12.8. The average molecular weight is 281 g/mol. The summed E-state index contributed by atoms with van der Waals surface area (Å²) < 4.78 is 0. The molecule has 0 saturated heterocycles. The van der Waals surface area contributed by atoms with Crippen molar-refractivity contribution in [3.8, 4) is 0 Å². The maximum absolute atomic E-state index is 6.03. The van der Waals surface area contributed by atoms with Crippen LogP contribution < -0.4 is 5.32 Å². The fourth-order valence-electron chi connectivity index (χ4n) is 1.89. The summed E-state index contributed by atoms with van der Waals surface area (Å²) in [5, 5.41) is 4.36. The van der Waals surface area contributed by atoms with Crippen LogP contribution in [0.3, 0.4) is 0 Å². The van der Waals surface area contributed by atoms with Crippen molar-refractivity contribution in [2.24, 2.45) is 0 Å². The van der Waals surface area contributed by atoms with Crippen LogP contribution in [0.1, 0.15) is 29.8 Å². The van der Waals surface area contributed by atoms with Gasteiger partial charge in [0.05, 0.1) is 5.51 Å². The molecule has 4 heteroatoms. The summed E-state index contributed by atoms with van der Waals surface area (Å²) in [4.78, 5) is 5.44. The molecule has 1 atom stereocenters. The van der Waals surface area contributed by atoms with Gasteiger partial charge in [0.25, 0.3) is 0 Å². The van der Waals surface area contributed by atoms with E-state index in [1.807, 2.05) is 29.9 Å². The zero-order valence-electron chi connectivity index (χ0n) is 10.4. The molecule has 0 aliphatic carbocycles. The molecule has 0 spiro atoms. The summed E-state index contributed by atoms with van der Waals surface area (Å²) in [5.41, 5.74) is 3.14. The molecule has 1 aromatic heterocycles. The van der Waals surface area contributed by atoms with Crippen molar-refractivity contribution in [3.63, 3.8) is 0 Å². The van der Waals surface area contributed by atoms with Crippen LogP contribution in [0.4, 0.5) is 0 Å². The highest BCUT2D eigenvalue weighted by Gasteiger charge is 2.13. The monoisotopic (exact) mass is 280 g/mol. The van der Waals surface area contributed by atoms with Gasteiger partial charge in [0, 0.05) is 22.1 Å². The number of aromatic nitrogens is 1. The lowest BCUT2D eigenvalue weighted by atomic mass is 10.0. The first-order valence-corrected chi connectivity index (χ1v) is 7.41. The summed E-state index contributed by atoms with van der Waals surface area (Å²) in [6, 6.07) is 8.39. The van der Waals surface area contributed by atoms with Gasteiger partial charge in [-0.25, -0.2) is 0 Å². The van der Waals surface area contributed by atoms with Gasteiger partial charge in [-0.05, 0) is 37.1 Å². The van der Waals surface area contributed by atoms with E-state index in [-0.39, 0.29) is 0 Å². The van der Waals surface area contributed by atoms with Gasteiger partial charge in [-0.15, -0.1) is 11.3 Å². The second-order valence-electron chi connectivity index (χ2n) is 4.24. The number of benzene rings is 1. The standard InChI is InChI=1S/C14H17ClN2S/c1-2-6-17-13(14-9-16-10-18-14)8-11-4-3-5-12(15)7-11/h3-5,7,9-10,13,17H,2,6,8H2,1H3. The summed E-state index contributed by atoms with van der Waals surface area (Å²) >= 11 is 7.73. The zero-order valence-corrected chi connectivity index (χ0v) is 12.0. The molecule has 2 aromatic rings. The molecule has 96 valence electrons. The Morgan fingerprint density at radius 2 is 2.33 bits per heavy atom. The molecule has 0 radical (unpaired) electrons. The summed E-state index contributed by atoms with van der Waals surface area (Å²) in [6.07, 6.45) is 4.02. The number of hydrogen-bond acceptors (Lipinski definition) is 3. The molecular formula is C14H17ClN2S. The first kappa shape index (κ1) is 13.5. The highest BCUT2D eigenvalue weighted by molar-refractivity contribution is 7.09. The minimum atomic E-state index is 0.330. The molecule has 1 aromatic carbocycles. The normalized spacial score (nSPS) is 12.6. The number of hydrogen-bond donors (Lipinski definition) is 1. The molecule has 1 N–H and O–H groups in total. The predicted octanol–water partition coefficient (Wildman–Crippen LogP) is 4.08. The van der Waals surface area contributed by atoms with E-state index < -0.39 is 0 Å². The Hall–Kier alpha value is -0.900. The van der Waals surface area contributed by atoms with Gasteiger partial charge < -0.3 is 5.32 Å². The van der Waals surface area contributed by atoms with Gasteiger partial charge in [0.1, 0.15) is 0 Å². The Kier molecular flexibility index (Phi) is 5.17. The Morgan fingerprint density at radius 1 is 1.44 bits per heavy atom. The molecule has 0 fully saturated rings. The third-order valence-electron chi connectivity index (χ3n) is 2.76. The van der Waals surface area contributed by atoms with E-state index in [1.165, 1.54) is 10.4 Å². The third-order valence-corrected chi connectivity index (χ3v) is 3.89. The van der Waals surface area contributed by atoms with Crippen molar-refractivity contribution in [2.75, 3.05) is 6.54 Å². The van der Waals surface area contributed by atoms with Crippen LogP contribution in [0.15, 0.2) is 36.0 Å². The van der Waals surface area contributed by atoms with Crippen molar-refractivity contribution in [1.82, 2.24) is 10.3 Å². The lowest BCUT2D eigenvalue weighted by Gasteiger charge is -2.17. The Labute approximate surface area is 117 Å². The van der Waals surface area contributed by atoms with Gasteiger partial charge in [0.2, 0.25) is 0 Å². The lowest BCUT2D eigenvalue weighted by Crippen LogP contribution is -2.23. The number of nitrogens with zero attached hydrogens (tertiary/aromatic N) is 1. The maximum Gasteiger partial charge on any atom is 0.0794 e. The molecule has 0 amide bonds. The van der Waals surface area contributed by atoms with Crippen molar-refractivity contribution in [1.29, 1.82) is 0 Å². The van der Waals surface area contributed by atoms with Gasteiger partial charge >= 0.3 is 0 Å². The minimum absolute atomic E-state index is 0.330. The molecule has 2 rings (SSSR count). The van der Waals surface area contributed by atoms with E-state index in [0.29, 0.717) is 6.04 Å². The van der Waals surface area contributed by atoms with Crippen LogP contribution in [-0.2, 0) is 6.42 Å². The maximum atomic E-state index is 6.03. The molecule has 0 bridgehead atoms. The molecule has 0 aliphatic rings. The highest BCUT2D eigenvalue weighted by Crippen LogP contribution is 2.23. The lowest BCUT2D eigenvalue weighted by molar-refractivity contribution is 0.536. The van der Waals surface area contributed by atoms with Crippen LogP contribution in [-0.4, -0.2) is 11.5 Å². The minimum Gasteiger partial charge on any atom is -0.309 e. The van der Waals surface area contributed by atoms with Crippen LogP contribution in [0, 0.1) is 0 Å². The summed E-state index contributed by atoms with van der Waals surface area (Å²) in [5.74, 6) is 0. The largest absolute Gasteiger partial charge is 0.309 e. The van der Waals surface area contributed by atoms with Crippen molar-refractivity contribution in [2.45, 2.75) is 25.8 Å².